The van der Waals surface area contributed by atoms with Crippen LogP contribution in [0.15, 0.2) is 0 Å². The molecule has 3 unspecified atom stereocenters. The SMILES string of the molecule is CC(C)BC1CO[C@@H]2C(OC(C)(C)C)CCOC12. The molecular weight excluding hydrogens is 227 g/mol. The maximum Gasteiger partial charge on any atom is 0.133 e. The summed E-state index contributed by atoms with van der Waals surface area (Å²) < 4.78 is 18.1. The van der Waals surface area contributed by atoms with Gasteiger partial charge in [-0.05, 0) is 33.0 Å². The number of hydrogen-bond donors (Lipinski definition) is 0. The maximum atomic E-state index is 6.14. The highest BCUT2D eigenvalue weighted by molar-refractivity contribution is 6.39. The van der Waals surface area contributed by atoms with Crippen LogP contribution in [0.25, 0.3) is 0 Å². The number of ether oxygens (including phenoxy) is 3. The molecule has 2 aliphatic heterocycles. The average molecular weight is 254 g/mol. The van der Waals surface area contributed by atoms with Crippen molar-refractivity contribution in [2.45, 2.75) is 76.6 Å². The first-order chi connectivity index (χ1) is 8.37. The first-order valence-corrected chi connectivity index (χ1v) is 7.28. The highest BCUT2D eigenvalue weighted by Gasteiger charge is 2.46. The molecule has 0 aromatic carbocycles. The lowest BCUT2D eigenvalue weighted by Gasteiger charge is -2.38. The molecule has 4 heteroatoms. The largest absolute Gasteiger partial charge is 0.376 e. The van der Waals surface area contributed by atoms with Crippen molar-refractivity contribution in [3.8, 4) is 0 Å². The zero-order valence-electron chi connectivity index (χ0n) is 12.4. The van der Waals surface area contributed by atoms with E-state index in [0.717, 1.165) is 19.6 Å². The smallest absolute Gasteiger partial charge is 0.133 e. The molecule has 104 valence electrons. The van der Waals surface area contributed by atoms with Crippen molar-refractivity contribution in [3.63, 3.8) is 0 Å². The van der Waals surface area contributed by atoms with E-state index in [1.807, 2.05) is 0 Å². The molecule has 0 amide bonds. The minimum atomic E-state index is -0.105. The molecular formula is C14H27BO3. The predicted molar refractivity (Wildman–Crippen MR) is 74.7 cm³/mol. The van der Waals surface area contributed by atoms with Crippen molar-refractivity contribution in [1.29, 1.82) is 0 Å². The van der Waals surface area contributed by atoms with Crippen LogP contribution >= 0.6 is 0 Å². The first-order valence-electron chi connectivity index (χ1n) is 7.28. The minimum absolute atomic E-state index is 0.105. The normalized spacial score (nSPS) is 36.8. The van der Waals surface area contributed by atoms with Gasteiger partial charge < -0.3 is 14.2 Å². The summed E-state index contributed by atoms with van der Waals surface area (Å²) in [4.78, 5) is 0. The van der Waals surface area contributed by atoms with Crippen LogP contribution in [0.3, 0.4) is 0 Å². The average Bonchev–Trinajstić information content (AvgIpc) is 2.60. The van der Waals surface area contributed by atoms with Gasteiger partial charge in [0.25, 0.3) is 0 Å². The van der Waals surface area contributed by atoms with Crippen LogP contribution in [0.1, 0.15) is 41.0 Å². The standard InChI is InChI=1S/C14H27BO3/c1-9(2)15-10-8-17-13-11(18-14(3,4)5)6-7-16-12(10)13/h9-13,15H,6-8H2,1-5H3/t10?,11?,12?,13-/m1/s1. The second-order valence-corrected chi connectivity index (χ2v) is 7.08. The molecule has 4 atom stereocenters. The molecule has 2 aliphatic rings. The molecule has 0 radical (unpaired) electrons. The van der Waals surface area contributed by atoms with Crippen LogP contribution in [-0.4, -0.2) is 44.4 Å². The monoisotopic (exact) mass is 254 g/mol. The van der Waals surface area contributed by atoms with E-state index in [1.54, 1.807) is 0 Å². The maximum absolute atomic E-state index is 6.14. The summed E-state index contributed by atoms with van der Waals surface area (Å²) in [6, 6.07) is 0. The highest BCUT2D eigenvalue weighted by Crippen LogP contribution is 2.37. The Kier molecular flexibility index (Phi) is 4.40. The Bertz CT molecular complexity index is 275. The van der Waals surface area contributed by atoms with E-state index >= 15 is 0 Å². The zero-order chi connectivity index (χ0) is 13.3. The van der Waals surface area contributed by atoms with Gasteiger partial charge in [-0.15, -0.1) is 0 Å². The molecule has 3 nitrogen and oxygen atoms in total. The summed E-state index contributed by atoms with van der Waals surface area (Å²) in [7, 11) is 1.18. The van der Waals surface area contributed by atoms with E-state index in [1.165, 1.54) is 7.28 Å². The van der Waals surface area contributed by atoms with Gasteiger partial charge in [0.1, 0.15) is 13.4 Å². The molecule has 0 aromatic heterocycles. The summed E-state index contributed by atoms with van der Waals surface area (Å²) in [6.45, 7) is 12.5. The van der Waals surface area contributed by atoms with Crippen LogP contribution in [0, 0.1) is 0 Å². The fraction of sp³-hybridized carbons (Fsp3) is 1.00. The first kappa shape index (κ1) is 14.4. The molecule has 0 aromatic rings. The Morgan fingerprint density at radius 2 is 1.89 bits per heavy atom. The topological polar surface area (TPSA) is 27.7 Å². The van der Waals surface area contributed by atoms with Crippen molar-refractivity contribution in [3.05, 3.63) is 0 Å². The second kappa shape index (κ2) is 5.52. The van der Waals surface area contributed by atoms with E-state index in [9.17, 15) is 0 Å². The van der Waals surface area contributed by atoms with Gasteiger partial charge in [-0.2, -0.15) is 0 Å². The van der Waals surface area contributed by atoms with Crippen LogP contribution in [0.4, 0.5) is 0 Å². The van der Waals surface area contributed by atoms with E-state index in [-0.39, 0.29) is 23.9 Å². The lowest BCUT2D eigenvalue weighted by Crippen LogP contribution is -2.47. The molecule has 18 heavy (non-hydrogen) atoms. The summed E-state index contributed by atoms with van der Waals surface area (Å²) in [5.74, 6) is 1.24. The van der Waals surface area contributed by atoms with Gasteiger partial charge in [0, 0.05) is 13.2 Å². The third-order valence-electron chi connectivity index (χ3n) is 3.65. The van der Waals surface area contributed by atoms with Gasteiger partial charge in [-0.3, -0.25) is 0 Å². The minimum Gasteiger partial charge on any atom is -0.376 e. The summed E-state index contributed by atoms with van der Waals surface area (Å²) in [5.41, 5.74) is -0.105. The van der Waals surface area contributed by atoms with E-state index < -0.39 is 0 Å². The van der Waals surface area contributed by atoms with Gasteiger partial charge in [-0.25, -0.2) is 0 Å². The predicted octanol–water partition coefficient (Wildman–Crippen LogP) is 2.41. The molecule has 2 heterocycles. The van der Waals surface area contributed by atoms with Gasteiger partial charge >= 0.3 is 0 Å². The van der Waals surface area contributed by atoms with Crippen molar-refractivity contribution < 1.29 is 14.2 Å². The van der Waals surface area contributed by atoms with Crippen LogP contribution < -0.4 is 0 Å². The molecule has 0 saturated carbocycles. The Morgan fingerprint density at radius 1 is 1.17 bits per heavy atom. The summed E-state index contributed by atoms with van der Waals surface area (Å²) >= 11 is 0. The zero-order valence-corrected chi connectivity index (χ0v) is 12.4. The molecule has 2 saturated heterocycles. The summed E-state index contributed by atoms with van der Waals surface area (Å²) in [6.07, 6.45) is 1.53. The second-order valence-electron chi connectivity index (χ2n) is 7.08. The molecule has 2 rings (SSSR count). The van der Waals surface area contributed by atoms with Crippen molar-refractivity contribution >= 4 is 7.28 Å². The van der Waals surface area contributed by atoms with Gasteiger partial charge in [0.05, 0.1) is 17.8 Å². The van der Waals surface area contributed by atoms with E-state index in [0.29, 0.717) is 11.6 Å². The van der Waals surface area contributed by atoms with Crippen LogP contribution in [0.5, 0.6) is 0 Å². The van der Waals surface area contributed by atoms with E-state index in [4.69, 9.17) is 14.2 Å². The lowest BCUT2D eigenvalue weighted by atomic mass is 9.54. The summed E-state index contributed by atoms with van der Waals surface area (Å²) in [5, 5.41) is 0. The van der Waals surface area contributed by atoms with Crippen molar-refractivity contribution in [1.82, 2.24) is 0 Å². The van der Waals surface area contributed by atoms with E-state index in [2.05, 4.69) is 34.6 Å². The molecule has 0 aliphatic carbocycles. The Labute approximate surface area is 112 Å². The fourth-order valence-electron chi connectivity index (χ4n) is 3.11. The Morgan fingerprint density at radius 3 is 2.50 bits per heavy atom. The highest BCUT2D eigenvalue weighted by atomic mass is 16.6. The number of rotatable bonds is 3. The van der Waals surface area contributed by atoms with Crippen LogP contribution in [0.2, 0.25) is 11.6 Å². The molecule has 0 bridgehead atoms. The van der Waals surface area contributed by atoms with Gasteiger partial charge in [0.2, 0.25) is 0 Å². The van der Waals surface area contributed by atoms with Crippen molar-refractivity contribution in [2.75, 3.05) is 13.2 Å². The number of fused-ring (bicyclic) bond motifs is 1. The van der Waals surface area contributed by atoms with Crippen LogP contribution in [-0.2, 0) is 14.2 Å². The quantitative estimate of drug-likeness (QED) is 0.724. The van der Waals surface area contributed by atoms with Crippen molar-refractivity contribution in [2.24, 2.45) is 0 Å². The molecule has 2 fully saturated rings. The fourth-order valence-corrected chi connectivity index (χ4v) is 3.11. The molecule has 0 spiro atoms. The Balaban J connectivity index is 1.98. The van der Waals surface area contributed by atoms with Gasteiger partial charge in [-0.1, -0.05) is 19.7 Å². The third-order valence-corrected chi connectivity index (χ3v) is 3.65. The van der Waals surface area contributed by atoms with Gasteiger partial charge in [0.15, 0.2) is 0 Å². The molecule has 0 N–H and O–H groups in total. The third kappa shape index (κ3) is 3.49. The number of hydrogen-bond acceptors (Lipinski definition) is 3. The lowest BCUT2D eigenvalue weighted by molar-refractivity contribution is -0.174. The Hall–Kier alpha value is -0.0551.